The summed E-state index contributed by atoms with van der Waals surface area (Å²) in [5, 5.41) is 3.26. The first-order chi connectivity index (χ1) is 8.67. The second kappa shape index (κ2) is 5.49. The van der Waals surface area contributed by atoms with Crippen LogP contribution in [0, 0.1) is 0 Å². The predicted molar refractivity (Wildman–Crippen MR) is 70.0 cm³/mol. The van der Waals surface area contributed by atoms with Crippen molar-refractivity contribution in [1.29, 1.82) is 0 Å². The molecule has 1 aromatic rings. The second-order valence-electron chi connectivity index (χ2n) is 4.03. The van der Waals surface area contributed by atoms with Gasteiger partial charge >= 0.3 is 5.97 Å². The lowest BCUT2D eigenvalue weighted by Crippen LogP contribution is -2.22. The third-order valence-corrected chi connectivity index (χ3v) is 4.05. The molecule has 0 aromatic carbocycles. The zero-order valence-electron chi connectivity index (χ0n) is 10.2. The molecular formula is C12H16N2O3S. The van der Waals surface area contributed by atoms with Crippen LogP contribution < -0.4 is 11.1 Å². The molecular weight excluding hydrogens is 252 g/mol. The maximum Gasteiger partial charge on any atom is 0.341 e. The van der Waals surface area contributed by atoms with Crippen LogP contribution in [0.15, 0.2) is 0 Å². The Morgan fingerprint density at radius 3 is 2.89 bits per heavy atom. The van der Waals surface area contributed by atoms with Gasteiger partial charge in [0.05, 0.1) is 18.7 Å². The van der Waals surface area contributed by atoms with Gasteiger partial charge in [-0.25, -0.2) is 4.79 Å². The number of aryl methyl sites for hydroxylation is 1. The van der Waals surface area contributed by atoms with Gasteiger partial charge in [0.2, 0.25) is 5.91 Å². The molecule has 5 nitrogen and oxygen atoms in total. The van der Waals surface area contributed by atoms with Crippen molar-refractivity contribution in [2.45, 2.75) is 26.2 Å². The summed E-state index contributed by atoms with van der Waals surface area (Å²) in [7, 11) is 0. The lowest BCUT2D eigenvalue weighted by atomic mass is 10.1. The number of hydrogen-bond donors (Lipinski definition) is 2. The standard InChI is InChI=1S/C12H16N2O3S/c1-2-17-12(16)10-7-4-3-5-8(7)18-11(10)14-9(15)6-13/h2-6,13H2,1H3,(H,14,15). The molecule has 0 spiro atoms. The van der Waals surface area contributed by atoms with E-state index in [1.165, 1.54) is 16.2 Å². The van der Waals surface area contributed by atoms with Gasteiger partial charge in [0.15, 0.2) is 0 Å². The summed E-state index contributed by atoms with van der Waals surface area (Å²) in [6.07, 6.45) is 2.89. The van der Waals surface area contributed by atoms with E-state index in [2.05, 4.69) is 5.32 Å². The first kappa shape index (κ1) is 13.0. The molecule has 0 radical (unpaired) electrons. The van der Waals surface area contributed by atoms with Crippen LogP contribution in [0.3, 0.4) is 0 Å². The topological polar surface area (TPSA) is 81.4 Å². The number of hydrogen-bond acceptors (Lipinski definition) is 5. The van der Waals surface area contributed by atoms with E-state index in [9.17, 15) is 9.59 Å². The molecule has 6 heteroatoms. The van der Waals surface area contributed by atoms with Gasteiger partial charge < -0.3 is 15.8 Å². The van der Waals surface area contributed by atoms with Crippen molar-refractivity contribution in [2.75, 3.05) is 18.5 Å². The number of nitrogens with one attached hydrogen (secondary N) is 1. The smallest absolute Gasteiger partial charge is 0.341 e. The van der Waals surface area contributed by atoms with Crippen LogP contribution in [-0.2, 0) is 22.4 Å². The largest absolute Gasteiger partial charge is 0.462 e. The third kappa shape index (κ3) is 2.39. The number of anilines is 1. The molecule has 0 atom stereocenters. The Bertz CT molecular complexity index is 482. The molecule has 2 rings (SSSR count). The summed E-state index contributed by atoms with van der Waals surface area (Å²) in [5.74, 6) is -0.648. The van der Waals surface area contributed by atoms with Crippen molar-refractivity contribution in [3.8, 4) is 0 Å². The summed E-state index contributed by atoms with van der Waals surface area (Å²) in [6, 6.07) is 0. The summed E-state index contributed by atoms with van der Waals surface area (Å²) >= 11 is 1.46. The van der Waals surface area contributed by atoms with Crippen LogP contribution in [0.4, 0.5) is 5.00 Å². The van der Waals surface area contributed by atoms with E-state index in [4.69, 9.17) is 10.5 Å². The lowest BCUT2D eigenvalue weighted by molar-refractivity contribution is -0.114. The Labute approximate surface area is 109 Å². The van der Waals surface area contributed by atoms with Gasteiger partial charge in [-0.15, -0.1) is 11.3 Å². The molecule has 0 bridgehead atoms. The maximum absolute atomic E-state index is 12.0. The molecule has 18 heavy (non-hydrogen) atoms. The first-order valence-corrected chi connectivity index (χ1v) is 6.80. The van der Waals surface area contributed by atoms with Crippen LogP contribution in [0.2, 0.25) is 0 Å². The van der Waals surface area contributed by atoms with Crippen LogP contribution in [0.1, 0.15) is 34.1 Å². The van der Waals surface area contributed by atoms with Crippen LogP contribution in [0.5, 0.6) is 0 Å². The Kier molecular flexibility index (Phi) is 3.98. The Hall–Kier alpha value is -1.40. The number of thiophene rings is 1. The zero-order chi connectivity index (χ0) is 13.1. The van der Waals surface area contributed by atoms with Gasteiger partial charge in [0.25, 0.3) is 0 Å². The number of nitrogens with two attached hydrogens (primary N) is 1. The number of carbonyl (C=O) groups excluding carboxylic acids is 2. The van der Waals surface area contributed by atoms with Crippen molar-refractivity contribution in [3.05, 3.63) is 16.0 Å². The van der Waals surface area contributed by atoms with Crippen molar-refractivity contribution in [1.82, 2.24) is 0 Å². The molecule has 0 unspecified atom stereocenters. The minimum absolute atomic E-state index is 0.0924. The molecule has 98 valence electrons. The Morgan fingerprint density at radius 2 is 2.22 bits per heavy atom. The highest BCUT2D eigenvalue weighted by atomic mass is 32.1. The molecule has 1 aliphatic carbocycles. The minimum Gasteiger partial charge on any atom is -0.462 e. The fourth-order valence-corrected chi connectivity index (χ4v) is 3.38. The van der Waals surface area contributed by atoms with Crippen LogP contribution in [0.25, 0.3) is 0 Å². The molecule has 0 aliphatic heterocycles. The number of esters is 1. The highest BCUT2D eigenvalue weighted by molar-refractivity contribution is 7.17. The Balaban J connectivity index is 2.34. The predicted octanol–water partition coefficient (Wildman–Crippen LogP) is 1.31. The summed E-state index contributed by atoms with van der Waals surface area (Å²) in [6.45, 7) is 2.00. The molecule has 0 saturated carbocycles. The summed E-state index contributed by atoms with van der Waals surface area (Å²) in [4.78, 5) is 24.5. The quantitative estimate of drug-likeness (QED) is 0.807. The second-order valence-corrected chi connectivity index (χ2v) is 5.14. The summed E-state index contributed by atoms with van der Waals surface area (Å²) < 4.78 is 5.05. The molecule has 0 fully saturated rings. The van der Waals surface area contributed by atoms with Gasteiger partial charge in [0, 0.05) is 4.88 Å². The Morgan fingerprint density at radius 1 is 1.44 bits per heavy atom. The molecule has 1 aliphatic rings. The van der Waals surface area contributed by atoms with Gasteiger partial charge in [-0.2, -0.15) is 0 Å². The van der Waals surface area contributed by atoms with Crippen LogP contribution in [-0.4, -0.2) is 25.0 Å². The molecule has 1 amide bonds. The monoisotopic (exact) mass is 268 g/mol. The highest BCUT2D eigenvalue weighted by Gasteiger charge is 2.27. The van der Waals surface area contributed by atoms with E-state index in [0.717, 1.165) is 24.8 Å². The van der Waals surface area contributed by atoms with Gasteiger partial charge in [0.1, 0.15) is 5.00 Å². The maximum atomic E-state index is 12.0. The van der Waals surface area contributed by atoms with Crippen molar-refractivity contribution < 1.29 is 14.3 Å². The molecule has 0 saturated heterocycles. The summed E-state index contributed by atoms with van der Waals surface area (Å²) in [5.41, 5.74) is 6.83. The van der Waals surface area contributed by atoms with Crippen molar-refractivity contribution in [3.63, 3.8) is 0 Å². The normalized spacial score (nSPS) is 13.2. The molecule has 3 N–H and O–H groups in total. The van der Waals surface area contributed by atoms with E-state index in [1.54, 1.807) is 6.92 Å². The lowest BCUT2D eigenvalue weighted by Gasteiger charge is -2.06. The SMILES string of the molecule is CCOC(=O)c1c(NC(=O)CN)sc2c1CCC2. The van der Waals surface area contributed by atoms with E-state index < -0.39 is 0 Å². The molecule has 1 aromatic heterocycles. The van der Waals surface area contributed by atoms with Crippen molar-refractivity contribution in [2.24, 2.45) is 5.73 Å². The fourth-order valence-electron chi connectivity index (χ4n) is 2.09. The van der Waals surface area contributed by atoms with E-state index in [-0.39, 0.29) is 18.4 Å². The van der Waals surface area contributed by atoms with E-state index >= 15 is 0 Å². The average Bonchev–Trinajstić information content (AvgIpc) is 2.88. The number of carbonyl (C=O) groups is 2. The van der Waals surface area contributed by atoms with Crippen molar-refractivity contribution >= 4 is 28.2 Å². The fraction of sp³-hybridized carbons (Fsp3) is 0.500. The van der Waals surface area contributed by atoms with E-state index in [0.29, 0.717) is 17.2 Å². The number of ether oxygens (including phenoxy) is 1. The van der Waals surface area contributed by atoms with Gasteiger partial charge in [-0.1, -0.05) is 0 Å². The van der Waals surface area contributed by atoms with Crippen LogP contribution >= 0.6 is 11.3 Å². The first-order valence-electron chi connectivity index (χ1n) is 5.99. The minimum atomic E-state index is -0.357. The van der Waals surface area contributed by atoms with E-state index in [1.807, 2.05) is 0 Å². The third-order valence-electron chi connectivity index (χ3n) is 2.84. The van der Waals surface area contributed by atoms with Gasteiger partial charge in [-0.3, -0.25) is 4.79 Å². The molecule has 1 heterocycles. The van der Waals surface area contributed by atoms with Gasteiger partial charge in [-0.05, 0) is 31.7 Å². The zero-order valence-corrected chi connectivity index (χ0v) is 11.1. The number of fused-ring (bicyclic) bond motifs is 1. The highest BCUT2D eigenvalue weighted by Crippen LogP contribution is 2.39. The average molecular weight is 268 g/mol. The number of amides is 1. The number of rotatable bonds is 4.